The molecule has 2 heterocycles. The Balaban J connectivity index is 1.93. The zero-order valence-electron chi connectivity index (χ0n) is 12.3. The summed E-state index contributed by atoms with van der Waals surface area (Å²) in [6.07, 6.45) is 1.25. The van der Waals surface area contributed by atoms with E-state index in [1.54, 1.807) is 0 Å². The number of thiophene rings is 1. The minimum atomic E-state index is -0.394. The lowest BCUT2D eigenvalue weighted by atomic mass is 10.0. The number of hydrogen-bond acceptors (Lipinski definition) is 4. The first-order valence-electron chi connectivity index (χ1n) is 7.22. The molecule has 0 saturated carbocycles. The highest BCUT2D eigenvalue weighted by molar-refractivity contribution is 7.17. The van der Waals surface area contributed by atoms with Crippen molar-refractivity contribution in [3.63, 3.8) is 0 Å². The van der Waals surface area contributed by atoms with Crippen molar-refractivity contribution in [2.24, 2.45) is 0 Å². The van der Waals surface area contributed by atoms with Crippen LogP contribution < -0.4 is 5.32 Å². The lowest BCUT2D eigenvalue weighted by Crippen LogP contribution is -2.26. The number of amides is 1. The number of benzene rings is 1. The van der Waals surface area contributed by atoms with E-state index in [1.807, 2.05) is 37.3 Å². The van der Waals surface area contributed by atoms with Gasteiger partial charge in [0.15, 0.2) is 0 Å². The third-order valence-corrected chi connectivity index (χ3v) is 4.74. The highest BCUT2D eigenvalue weighted by atomic mass is 32.1. The topological polar surface area (TPSA) is 62.1 Å². The van der Waals surface area contributed by atoms with Gasteiger partial charge in [-0.1, -0.05) is 30.3 Å². The monoisotopic (exact) mass is 312 g/mol. The van der Waals surface area contributed by atoms with Gasteiger partial charge < -0.3 is 10.1 Å². The van der Waals surface area contributed by atoms with Crippen LogP contribution in [0.4, 0.5) is 5.00 Å². The van der Waals surface area contributed by atoms with Gasteiger partial charge in [-0.25, -0.2) is 0 Å². The number of nitriles is 1. The maximum Gasteiger partial charge on any atom is 0.254 e. The lowest BCUT2D eigenvalue weighted by molar-refractivity contribution is -0.124. The van der Waals surface area contributed by atoms with Gasteiger partial charge in [-0.05, 0) is 25.3 Å². The maximum atomic E-state index is 12.2. The molecule has 1 unspecified atom stereocenters. The first-order valence-corrected chi connectivity index (χ1v) is 8.03. The summed E-state index contributed by atoms with van der Waals surface area (Å²) in [6, 6.07) is 12.0. The summed E-state index contributed by atoms with van der Waals surface area (Å²) in [5.41, 5.74) is 2.42. The summed E-state index contributed by atoms with van der Waals surface area (Å²) in [4.78, 5) is 13.2. The average Bonchev–Trinajstić information content (AvgIpc) is 3.16. The molecule has 1 N–H and O–H groups in total. The maximum absolute atomic E-state index is 12.2. The zero-order chi connectivity index (χ0) is 15.5. The van der Waals surface area contributed by atoms with Crippen molar-refractivity contribution in [3.8, 4) is 17.2 Å². The first-order chi connectivity index (χ1) is 10.7. The van der Waals surface area contributed by atoms with Crippen LogP contribution in [0.15, 0.2) is 30.3 Å². The van der Waals surface area contributed by atoms with Gasteiger partial charge in [0.05, 0.1) is 5.56 Å². The Bertz CT molecular complexity index is 725. The van der Waals surface area contributed by atoms with Gasteiger partial charge in [0.1, 0.15) is 17.2 Å². The Labute approximate surface area is 133 Å². The van der Waals surface area contributed by atoms with E-state index in [9.17, 15) is 10.1 Å². The first kappa shape index (κ1) is 14.8. The molecule has 0 bridgehead atoms. The quantitative estimate of drug-likeness (QED) is 0.939. The van der Waals surface area contributed by atoms with Crippen molar-refractivity contribution in [3.05, 3.63) is 40.8 Å². The lowest BCUT2D eigenvalue weighted by Gasteiger charge is -2.09. The largest absolute Gasteiger partial charge is 0.368 e. The Hall–Kier alpha value is -2.16. The molecule has 1 aromatic heterocycles. The second kappa shape index (κ2) is 6.30. The molecule has 1 atom stereocenters. The van der Waals surface area contributed by atoms with E-state index in [1.165, 1.54) is 11.3 Å². The molecule has 0 radical (unpaired) electrons. The number of carbonyl (C=O) groups excluding carboxylic acids is 1. The van der Waals surface area contributed by atoms with Crippen LogP contribution in [0.25, 0.3) is 11.1 Å². The molecule has 4 nitrogen and oxygen atoms in total. The van der Waals surface area contributed by atoms with Crippen LogP contribution in [0.3, 0.4) is 0 Å². The molecule has 0 aliphatic carbocycles. The smallest absolute Gasteiger partial charge is 0.254 e. The number of rotatable bonds is 3. The van der Waals surface area contributed by atoms with Gasteiger partial charge in [0.25, 0.3) is 5.91 Å². The summed E-state index contributed by atoms with van der Waals surface area (Å²) >= 11 is 1.44. The Morgan fingerprint density at radius 2 is 2.18 bits per heavy atom. The molecule has 1 saturated heterocycles. The molecule has 1 aromatic carbocycles. The molecular weight excluding hydrogens is 296 g/mol. The predicted octanol–water partition coefficient (Wildman–Crippen LogP) is 3.71. The number of ether oxygens (including phenoxy) is 1. The number of nitrogens with zero attached hydrogens (tertiary/aromatic N) is 1. The third kappa shape index (κ3) is 2.76. The molecule has 1 aliphatic rings. The molecule has 2 aromatic rings. The standard InChI is InChI=1S/C17H16N2O2S/c1-11-15(12-6-3-2-4-7-12)13(10-18)17(22-11)19-16(20)14-8-5-9-21-14/h2-4,6-7,14H,5,8-9H2,1H3,(H,19,20). The van der Waals surface area contributed by atoms with Crippen LogP contribution in [0.1, 0.15) is 23.3 Å². The predicted molar refractivity (Wildman–Crippen MR) is 86.8 cm³/mol. The van der Waals surface area contributed by atoms with Crippen molar-refractivity contribution in [1.82, 2.24) is 0 Å². The van der Waals surface area contributed by atoms with E-state index in [2.05, 4.69) is 11.4 Å². The van der Waals surface area contributed by atoms with Crippen LogP contribution in [0.2, 0.25) is 0 Å². The van der Waals surface area contributed by atoms with E-state index in [0.29, 0.717) is 17.2 Å². The molecule has 1 aliphatic heterocycles. The fraction of sp³-hybridized carbons (Fsp3) is 0.294. The SMILES string of the molecule is Cc1sc(NC(=O)C2CCCO2)c(C#N)c1-c1ccccc1. The fourth-order valence-electron chi connectivity index (χ4n) is 2.67. The molecule has 22 heavy (non-hydrogen) atoms. The molecule has 1 fully saturated rings. The van der Waals surface area contributed by atoms with Crippen LogP contribution in [-0.4, -0.2) is 18.6 Å². The second-order valence-electron chi connectivity index (χ2n) is 5.21. The molecule has 0 spiro atoms. The van der Waals surface area contributed by atoms with Crippen LogP contribution in [-0.2, 0) is 9.53 Å². The molecule has 112 valence electrons. The Morgan fingerprint density at radius 1 is 1.41 bits per heavy atom. The summed E-state index contributed by atoms with van der Waals surface area (Å²) in [5.74, 6) is -0.158. The number of aryl methyl sites for hydroxylation is 1. The Kier molecular flexibility index (Phi) is 4.23. The normalized spacial score (nSPS) is 17.2. The number of carbonyl (C=O) groups is 1. The minimum absolute atomic E-state index is 0.158. The van der Waals surface area contributed by atoms with E-state index < -0.39 is 6.10 Å². The van der Waals surface area contributed by atoms with Crippen molar-refractivity contribution in [1.29, 1.82) is 5.26 Å². The van der Waals surface area contributed by atoms with E-state index in [-0.39, 0.29) is 5.91 Å². The van der Waals surface area contributed by atoms with Crippen LogP contribution in [0.5, 0.6) is 0 Å². The summed E-state index contributed by atoms with van der Waals surface area (Å²) < 4.78 is 5.39. The highest BCUT2D eigenvalue weighted by Gasteiger charge is 2.26. The number of nitrogens with one attached hydrogen (secondary N) is 1. The fourth-order valence-corrected chi connectivity index (χ4v) is 3.70. The van der Waals surface area contributed by atoms with E-state index in [4.69, 9.17) is 4.74 Å². The van der Waals surface area contributed by atoms with Gasteiger partial charge >= 0.3 is 0 Å². The summed E-state index contributed by atoms with van der Waals surface area (Å²) in [5, 5.41) is 13.0. The highest BCUT2D eigenvalue weighted by Crippen LogP contribution is 2.39. The van der Waals surface area contributed by atoms with E-state index in [0.717, 1.165) is 28.8 Å². The van der Waals surface area contributed by atoms with Gasteiger partial charge in [-0.3, -0.25) is 4.79 Å². The third-order valence-electron chi connectivity index (χ3n) is 3.72. The number of hydrogen-bond donors (Lipinski definition) is 1. The summed E-state index contributed by atoms with van der Waals surface area (Å²) in [7, 11) is 0. The van der Waals surface area contributed by atoms with Crippen molar-refractivity contribution in [2.75, 3.05) is 11.9 Å². The molecule has 1 amide bonds. The molecular formula is C17H16N2O2S. The van der Waals surface area contributed by atoms with Gasteiger partial charge in [-0.2, -0.15) is 5.26 Å². The van der Waals surface area contributed by atoms with Gasteiger partial charge in [0.2, 0.25) is 0 Å². The molecule has 3 rings (SSSR count). The van der Waals surface area contributed by atoms with E-state index >= 15 is 0 Å². The average molecular weight is 312 g/mol. The van der Waals surface area contributed by atoms with Gasteiger partial charge in [-0.15, -0.1) is 11.3 Å². The number of anilines is 1. The van der Waals surface area contributed by atoms with Crippen molar-refractivity contribution >= 4 is 22.2 Å². The van der Waals surface area contributed by atoms with Crippen LogP contribution in [0, 0.1) is 18.3 Å². The van der Waals surface area contributed by atoms with Crippen molar-refractivity contribution in [2.45, 2.75) is 25.9 Å². The minimum Gasteiger partial charge on any atom is -0.368 e. The zero-order valence-corrected chi connectivity index (χ0v) is 13.1. The molecule has 5 heteroatoms. The van der Waals surface area contributed by atoms with Crippen LogP contribution >= 0.6 is 11.3 Å². The second-order valence-corrected chi connectivity index (χ2v) is 6.43. The Morgan fingerprint density at radius 3 is 2.82 bits per heavy atom. The van der Waals surface area contributed by atoms with Crippen molar-refractivity contribution < 1.29 is 9.53 Å². The summed E-state index contributed by atoms with van der Waals surface area (Å²) in [6.45, 7) is 2.59. The van der Waals surface area contributed by atoms with Gasteiger partial charge in [0, 0.05) is 17.0 Å².